The molecule has 0 aromatic heterocycles. The molecule has 4 rings (SSSR count). The number of carbonyl (C=O) groups is 2. The van der Waals surface area contributed by atoms with Gasteiger partial charge in [-0.1, -0.05) is 25.5 Å². The van der Waals surface area contributed by atoms with Gasteiger partial charge < -0.3 is 19.7 Å². The summed E-state index contributed by atoms with van der Waals surface area (Å²) in [4.78, 5) is 23.0. The van der Waals surface area contributed by atoms with E-state index < -0.39 is 17.1 Å². The fourth-order valence-corrected chi connectivity index (χ4v) is 8.04. The van der Waals surface area contributed by atoms with Gasteiger partial charge in [-0.25, -0.2) is 0 Å². The zero-order valence-corrected chi connectivity index (χ0v) is 19.5. The van der Waals surface area contributed by atoms with Gasteiger partial charge in [0, 0.05) is 31.6 Å². The molecule has 6 heteroatoms. The molecular formula is C25H38O6. The van der Waals surface area contributed by atoms with Crippen molar-refractivity contribution in [3.8, 4) is 0 Å². The first-order valence-electron chi connectivity index (χ1n) is 11.9. The van der Waals surface area contributed by atoms with Crippen LogP contribution in [0.15, 0.2) is 11.6 Å². The zero-order valence-electron chi connectivity index (χ0n) is 19.5. The van der Waals surface area contributed by atoms with Gasteiger partial charge in [0.1, 0.15) is 12.2 Å². The molecule has 174 valence electrons. The summed E-state index contributed by atoms with van der Waals surface area (Å²) in [5.41, 5.74) is -0.489. The lowest BCUT2D eigenvalue weighted by molar-refractivity contribution is -0.233. The zero-order chi connectivity index (χ0) is 22.8. The van der Waals surface area contributed by atoms with Crippen LogP contribution in [0, 0.1) is 28.6 Å². The van der Waals surface area contributed by atoms with Crippen molar-refractivity contribution in [1.29, 1.82) is 0 Å². The van der Waals surface area contributed by atoms with E-state index in [1.165, 1.54) is 19.4 Å². The van der Waals surface area contributed by atoms with Gasteiger partial charge in [0.2, 0.25) is 0 Å². The molecule has 0 amide bonds. The summed E-state index contributed by atoms with van der Waals surface area (Å²) in [6, 6.07) is 0. The van der Waals surface area contributed by atoms with Gasteiger partial charge in [-0.3, -0.25) is 9.59 Å². The van der Waals surface area contributed by atoms with Gasteiger partial charge in [0.25, 0.3) is 0 Å². The molecule has 0 saturated heterocycles. The molecule has 3 fully saturated rings. The van der Waals surface area contributed by atoms with E-state index in [4.69, 9.17) is 9.47 Å². The molecule has 0 unspecified atom stereocenters. The van der Waals surface area contributed by atoms with E-state index >= 15 is 0 Å². The maximum atomic E-state index is 12.2. The van der Waals surface area contributed by atoms with E-state index in [2.05, 4.69) is 13.0 Å². The number of hydrogen-bond donors (Lipinski definition) is 2. The van der Waals surface area contributed by atoms with Crippen molar-refractivity contribution in [3.63, 3.8) is 0 Å². The number of ether oxygens (including phenoxy) is 2. The number of carbonyl (C=O) groups excluding carboxylic acids is 2. The quantitative estimate of drug-likeness (QED) is 0.521. The predicted octanol–water partition coefficient (Wildman–Crippen LogP) is 3.53. The number of esters is 2. The number of aliphatic hydroxyl groups is 2. The maximum absolute atomic E-state index is 12.2. The highest BCUT2D eigenvalue weighted by Gasteiger charge is 2.70. The SMILES string of the molecule is CC(=O)O[C@H]1CC[C@@]2(C)C(=CC[C@@H]3[C@@H]2C[C@@H](O)[C@]2(C)[C@@H]([C@@H](C)OC(C)=O)CC[C@]32O)C1. The molecular weight excluding hydrogens is 396 g/mol. The fraction of sp³-hybridized carbons (Fsp3) is 0.840. The summed E-state index contributed by atoms with van der Waals surface area (Å²) in [6.45, 7) is 9.03. The Morgan fingerprint density at radius 3 is 2.48 bits per heavy atom. The van der Waals surface area contributed by atoms with Gasteiger partial charge in [-0.2, -0.15) is 0 Å². The lowest BCUT2D eigenvalue weighted by Crippen LogP contribution is -2.66. The molecule has 0 spiro atoms. The van der Waals surface area contributed by atoms with Gasteiger partial charge in [-0.05, 0) is 62.7 Å². The van der Waals surface area contributed by atoms with E-state index in [0.29, 0.717) is 12.8 Å². The van der Waals surface area contributed by atoms with Crippen molar-refractivity contribution in [3.05, 3.63) is 11.6 Å². The fourth-order valence-electron chi connectivity index (χ4n) is 8.04. The highest BCUT2D eigenvalue weighted by molar-refractivity contribution is 5.66. The summed E-state index contributed by atoms with van der Waals surface area (Å²) in [5, 5.41) is 23.6. The minimum Gasteiger partial charge on any atom is -0.463 e. The van der Waals surface area contributed by atoms with Crippen LogP contribution in [0.1, 0.15) is 79.6 Å². The molecule has 0 aromatic rings. The summed E-state index contributed by atoms with van der Waals surface area (Å²) in [5.74, 6) is -0.386. The molecule has 9 atom stereocenters. The van der Waals surface area contributed by atoms with Gasteiger partial charge in [-0.15, -0.1) is 0 Å². The number of hydrogen-bond acceptors (Lipinski definition) is 6. The second-order valence-electron chi connectivity index (χ2n) is 11.0. The first-order valence-corrected chi connectivity index (χ1v) is 11.9. The van der Waals surface area contributed by atoms with Gasteiger partial charge in [0.05, 0.1) is 11.7 Å². The van der Waals surface area contributed by atoms with Crippen molar-refractivity contribution in [1.82, 2.24) is 0 Å². The van der Waals surface area contributed by atoms with E-state index in [1.807, 2.05) is 13.8 Å². The Kier molecular flexibility index (Phi) is 5.57. The largest absolute Gasteiger partial charge is 0.463 e. The monoisotopic (exact) mass is 434 g/mol. The number of aliphatic hydroxyl groups excluding tert-OH is 1. The highest BCUT2D eigenvalue weighted by Crippen LogP contribution is 2.68. The van der Waals surface area contributed by atoms with Crippen molar-refractivity contribution >= 4 is 11.9 Å². The Labute approximate surface area is 185 Å². The predicted molar refractivity (Wildman–Crippen MR) is 115 cm³/mol. The van der Waals surface area contributed by atoms with Crippen LogP contribution in [0.4, 0.5) is 0 Å². The second-order valence-corrected chi connectivity index (χ2v) is 11.0. The van der Waals surface area contributed by atoms with E-state index in [0.717, 1.165) is 32.1 Å². The molecule has 0 aromatic carbocycles. The molecule has 4 aliphatic carbocycles. The number of rotatable bonds is 3. The third-order valence-corrected chi connectivity index (χ3v) is 9.66. The van der Waals surface area contributed by atoms with E-state index in [9.17, 15) is 19.8 Å². The van der Waals surface area contributed by atoms with Crippen LogP contribution in [0.2, 0.25) is 0 Å². The van der Waals surface area contributed by atoms with Crippen LogP contribution in [-0.2, 0) is 19.1 Å². The lowest BCUT2D eigenvalue weighted by Gasteiger charge is -2.63. The van der Waals surface area contributed by atoms with E-state index in [-0.39, 0.29) is 47.3 Å². The van der Waals surface area contributed by atoms with E-state index in [1.54, 1.807) is 0 Å². The Morgan fingerprint density at radius 1 is 1.13 bits per heavy atom. The van der Waals surface area contributed by atoms with Crippen molar-refractivity contribution in [2.75, 3.05) is 0 Å². The molecule has 0 heterocycles. The van der Waals surface area contributed by atoms with Crippen LogP contribution in [-0.4, -0.2) is 46.1 Å². The van der Waals surface area contributed by atoms with Crippen LogP contribution >= 0.6 is 0 Å². The van der Waals surface area contributed by atoms with Gasteiger partial charge in [0.15, 0.2) is 0 Å². The highest BCUT2D eigenvalue weighted by atomic mass is 16.5. The van der Waals surface area contributed by atoms with Crippen LogP contribution in [0.5, 0.6) is 0 Å². The lowest BCUT2D eigenvalue weighted by atomic mass is 9.45. The maximum Gasteiger partial charge on any atom is 0.302 e. The van der Waals surface area contributed by atoms with Crippen LogP contribution in [0.25, 0.3) is 0 Å². The molecule has 31 heavy (non-hydrogen) atoms. The standard InChI is InChI=1S/C25H38O6/c1-14(30-15(2)26)19-9-11-25(29)20-7-6-17-12-18(31-16(3)27)8-10-23(17,4)21(20)13-22(28)24(19,25)5/h6,14,18-22,28-29H,7-13H2,1-5H3/t14-,18+,19-,20-,21+,22-,23+,24+,25+/m1/s1. The Hall–Kier alpha value is -1.40. The first kappa shape index (κ1) is 22.8. The third kappa shape index (κ3) is 3.28. The van der Waals surface area contributed by atoms with Crippen LogP contribution < -0.4 is 0 Å². The Bertz CT molecular complexity index is 791. The number of allylic oxidation sites excluding steroid dienone is 1. The molecule has 3 saturated carbocycles. The minimum atomic E-state index is -0.994. The summed E-state index contributed by atoms with van der Waals surface area (Å²) >= 11 is 0. The summed E-state index contributed by atoms with van der Waals surface area (Å²) < 4.78 is 11.0. The molecule has 0 bridgehead atoms. The smallest absolute Gasteiger partial charge is 0.302 e. The summed E-state index contributed by atoms with van der Waals surface area (Å²) in [7, 11) is 0. The van der Waals surface area contributed by atoms with Crippen LogP contribution in [0.3, 0.4) is 0 Å². The average molecular weight is 435 g/mol. The Balaban J connectivity index is 1.64. The number of fused-ring (bicyclic) bond motifs is 5. The first-order chi connectivity index (χ1) is 14.4. The molecule has 2 N–H and O–H groups in total. The second kappa shape index (κ2) is 7.58. The molecule has 6 nitrogen and oxygen atoms in total. The summed E-state index contributed by atoms with van der Waals surface area (Å²) in [6.07, 6.45) is 6.42. The van der Waals surface area contributed by atoms with Crippen molar-refractivity contribution in [2.24, 2.45) is 28.6 Å². The molecule has 4 aliphatic rings. The normalized spacial score (nSPS) is 47.3. The average Bonchev–Trinajstić information content (AvgIpc) is 2.95. The van der Waals surface area contributed by atoms with Crippen molar-refractivity contribution in [2.45, 2.75) is 103 Å². The minimum absolute atomic E-state index is 0.0643. The Morgan fingerprint density at radius 2 is 1.84 bits per heavy atom. The van der Waals surface area contributed by atoms with Gasteiger partial charge >= 0.3 is 11.9 Å². The molecule has 0 aliphatic heterocycles. The van der Waals surface area contributed by atoms with Crippen molar-refractivity contribution < 1.29 is 29.3 Å². The third-order valence-electron chi connectivity index (χ3n) is 9.66. The topological polar surface area (TPSA) is 93.1 Å². The molecule has 0 radical (unpaired) electrons.